The molecule has 0 heterocycles. The van der Waals surface area contributed by atoms with Gasteiger partial charge < -0.3 is 16.2 Å². The second-order valence-electron chi connectivity index (χ2n) is 2.58. The highest BCUT2D eigenvalue weighted by molar-refractivity contribution is 5.76. The molecule has 0 spiro atoms. The van der Waals surface area contributed by atoms with Gasteiger partial charge >= 0.3 is 5.97 Å². The van der Waals surface area contributed by atoms with Crippen molar-refractivity contribution in [3.05, 3.63) is 0 Å². The van der Waals surface area contributed by atoms with Crippen molar-refractivity contribution in [3.8, 4) is 0 Å². The highest BCUT2D eigenvalue weighted by Gasteiger charge is 2.19. The normalized spacial score (nSPS) is 10.5. The molecular formula is C6H13N3O2. The molecule has 0 aromatic carbocycles. The number of hydrogen-bond donors (Lipinski definition) is 2. The molecule has 0 aromatic heterocycles. The Labute approximate surface area is 65.4 Å². The summed E-state index contributed by atoms with van der Waals surface area (Å²) in [5.74, 6) is -0.517. The van der Waals surface area contributed by atoms with Gasteiger partial charge in [-0.1, -0.05) is 0 Å². The molecule has 0 radical (unpaired) electrons. The number of esters is 1. The minimum atomic E-state index is -0.968. The number of nitrogens with two attached hydrogens (primary N) is 2. The second kappa shape index (κ2) is 3.23. The first-order valence-corrected chi connectivity index (χ1v) is 3.14. The average Bonchev–Trinajstić information content (AvgIpc) is 1.53. The van der Waals surface area contributed by atoms with Crippen LogP contribution in [0.1, 0.15) is 20.8 Å². The lowest BCUT2D eigenvalue weighted by atomic mass is 10.3. The van der Waals surface area contributed by atoms with E-state index in [9.17, 15) is 4.79 Å². The van der Waals surface area contributed by atoms with Crippen molar-refractivity contribution >= 4 is 11.9 Å². The van der Waals surface area contributed by atoms with Crippen LogP contribution in [0.15, 0.2) is 4.99 Å². The van der Waals surface area contributed by atoms with Crippen LogP contribution in [0, 0.1) is 0 Å². The fraction of sp³-hybridized carbons (Fsp3) is 0.667. The lowest BCUT2D eigenvalue weighted by Crippen LogP contribution is -2.32. The van der Waals surface area contributed by atoms with Crippen LogP contribution in [0.2, 0.25) is 0 Å². The molecule has 0 aliphatic heterocycles. The van der Waals surface area contributed by atoms with Gasteiger partial charge in [0.15, 0.2) is 5.96 Å². The van der Waals surface area contributed by atoms with E-state index in [1.54, 1.807) is 13.8 Å². The van der Waals surface area contributed by atoms with Crippen LogP contribution in [0.4, 0.5) is 0 Å². The van der Waals surface area contributed by atoms with E-state index < -0.39 is 11.7 Å². The first-order chi connectivity index (χ1) is 4.83. The third kappa shape index (κ3) is 5.20. The van der Waals surface area contributed by atoms with Gasteiger partial charge in [0.25, 0.3) is 0 Å². The molecule has 0 aliphatic carbocycles. The van der Waals surface area contributed by atoms with Gasteiger partial charge in [0.2, 0.25) is 5.72 Å². The van der Waals surface area contributed by atoms with Gasteiger partial charge in [-0.25, -0.2) is 4.99 Å². The smallest absolute Gasteiger partial charge is 0.304 e. The van der Waals surface area contributed by atoms with Gasteiger partial charge in [-0.3, -0.25) is 4.79 Å². The van der Waals surface area contributed by atoms with E-state index in [4.69, 9.17) is 16.2 Å². The predicted molar refractivity (Wildman–Crippen MR) is 41.7 cm³/mol. The van der Waals surface area contributed by atoms with Crippen molar-refractivity contribution in [2.45, 2.75) is 26.5 Å². The first kappa shape index (κ1) is 9.74. The summed E-state index contributed by atoms with van der Waals surface area (Å²) in [6.45, 7) is 4.48. The zero-order valence-electron chi connectivity index (χ0n) is 6.92. The summed E-state index contributed by atoms with van der Waals surface area (Å²) >= 11 is 0. The lowest BCUT2D eigenvalue weighted by Gasteiger charge is -2.19. The maximum atomic E-state index is 10.5. The molecule has 0 saturated heterocycles. The number of carbonyl (C=O) groups is 1. The van der Waals surface area contributed by atoms with Crippen molar-refractivity contribution in [1.29, 1.82) is 0 Å². The Morgan fingerprint density at radius 1 is 1.45 bits per heavy atom. The number of ether oxygens (including phenoxy) is 1. The highest BCUT2D eigenvalue weighted by Crippen LogP contribution is 2.09. The van der Waals surface area contributed by atoms with E-state index >= 15 is 0 Å². The Hall–Kier alpha value is -1.26. The average molecular weight is 159 g/mol. The van der Waals surface area contributed by atoms with Crippen LogP contribution in [0.25, 0.3) is 0 Å². The van der Waals surface area contributed by atoms with E-state index in [1.165, 1.54) is 6.92 Å². The molecule has 4 N–H and O–H groups in total. The molecule has 5 heteroatoms. The largest absolute Gasteiger partial charge is 0.438 e. The lowest BCUT2D eigenvalue weighted by molar-refractivity contribution is -0.152. The number of aliphatic imine (C=N–C) groups is 1. The summed E-state index contributed by atoms with van der Waals surface area (Å²) in [4.78, 5) is 14.1. The van der Waals surface area contributed by atoms with Gasteiger partial charge in [-0.2, -0.15) is 0 Å². The summed E-state index contributed by atoms with van der Waals surface area (Å²) in [5, 5.41) is 0. The van der Waals surface area contributed by atoms with Crippen molar-refractivity contribution in [1.82, 2.24) is 0 Å². The standard InChI is InChI=1S/C6H13N3O2/c1-4(10)11-6(2,3)9-5(7)8/h1-3H3,(H4,7,8,9). The number of nitrogens with zero attached hydrogens (tertiary/aromatic N) is 1. The highest BCUT2D eigenvalue weighted by atomic mass is 16.6. The Bertz CT molecular complexity index is 182. The summed E-state index contributed by atoms with van der Waals surface area (Å²) < 4.78 is 4.76. The van der Waals surface area contributed by atoms with Crippen LogP contribution < -0.4 is 11.5 Å². The Morgan fingerprint density at radius 3 is 2.18 bits per heavy atom. The fourth-order valence-corrected chi connectivity index (χ4v) is 0.685. The van der Waals surface area contributed by atoms with Crippen molar-refractivity contribution < 1.29 is 9.53 Å². The SMILES string of the molecule is CC(=O)OC(C)(C)N=C(N)N. The molecule has 0 aliphatic rings. The van der Waals surface area contributed by atoms with E-state index in [2.05, 4.69) is 4.99 Å². The van der Waals surface area contributed by atoms with Crippen LogP contribution in [0.3, 0.4) is 0 Å². The van der Waals surface area contributed by atoms with E-state index in [0.29, 0.717) is 0 Å². The Kier molecular flexibility index (Phi) is 2.86. The molecule has 0 aromatic rings. The molecule has 0 atom stereocenters. The van der Waals surface area contributed by atoms with E-state index in [1.807, 2.05) is 0 Å². The van der Waals surface area contributed by atoms with Gasteiger partial charge in [0.05, 0.1) is 0 Å². The molecule has 11 heavy (non-hydrogen) atoms. The second-order valence-corrected chi connectivity index (χ2v) is 2.58. The Balaban J connectivity index is 4.22. The van der Waals surface area contributed by atoms with Crippen molar-refractivity contribution in [2.24, 2.45) is 16.5 Å². The molecule has 0 fully saturated rings. The molecule has 0 amide bonds. The summed E-state index contributed by atoms with van der Waals surface area (Å²) in [6.07, 6.45) is 0. The van der Waals surface area contributed by atoms with Crippen molar-refractivity contribution in [2.75, 3.05) is 0 Å². The van der Waals surface area contributed by atoms with Gasteiger partial charge in [-0.05, 0) is 13.8 Å². The Morgan fingerprint density at radius 2 is 1.91 bits per heavy atom. The molecule has 64 valence electrons. The van der Waals surface area contributed by atoms with Crippen LogP contribution in [-0.4, -0.2) is 17.7 Å². The van der Waals surface area contributed by atoms with Crippen LogP contribution in [-0.2, 0) is 9.53 Å². The monoisotopic (exact) mass is 159 g/mol. The van der Waals surface area contributed by atoms with Crippen LogP contribution in [0.5, 0.6) is 0 Å². The van der Waals surface area contributed by atoms with E-state index in [0.717, 1.165) is 0 Å². The first-order valence-electron chi connectivity index (χ1n) is 3.14. The third-order valence-corrected chi connectivity index (χ3v) is 0.792. The third-order valence-electron chi connectivity index (χ3n) is 0.792. The van der Waals surface area contributed by atoms with Crippen LogP contribution >= 0.6 is 0 Å². The quantitative estimate of drug-likeness (QED) is 0.324. The summed E-state index contributed by atoms with van der Waals surface area (Å²) in [5.41, 5.74) is 9.21. The minimum Gasteiger partial charge on any atom is -0.438 e. The van der Waals surface area contributed by atoms with E-state index in [-0.39, 0.29) is 5.96 Å². The number of carbonyl (C=O) groups excluding carboxylic acids is 1. The zero-order valence-corrected chi connectivity index (χ0v) is 6.92. The molecule has 0 unspecified atom stereocenters. The van der Waals surface area contributed by atoms with Gasteiger partial charge in [0, 0.05) is 6.92 Å². The minimum absolute atomic E-state index is 0.101. The van der Waals surface area contributed by atoms with Gasteiger partial charge in [-0.15, -0.1) is 0 Å². The van der Waals surface area contributed by atoms with Gasteiger partial charge in [0.1, 0.15) is 0 Å². The number of rotatable bonds is 2. The molecule has 5 nitrogen and oxygen atoms in total. The predicted octanol–water partition coefficient (Wildman–Crippen LogP) is -0.441. The molecule has 0 rings (SSSR count). The number of guanidine groups is 1. The summed E-state index contributed by atoms with van der Waals surface area (Å²) in [6, 6.07) is 0. The topological polar surface area (TPSA) is 90.7 Å². The molecule has 0 bridgehead atoms. The molecular weight excluding hydrogens is 146 g/mol. The van der Waals surface area contributed by atoms with Crippen molar-refractivity contribution in [3.63, 3.8) is 0 Å². The number of hydrogen-bond acceptors (Lipinski definition) is 3. The summed E-state index contributed by atoms with van der Waals surface area (Å²) in [7, 11) is 0. The zero-order chi connectivity index (χ0) is 9.07. The maximum absolute atomic E-state index is 10.5. The fourth-order valence-electron chi connectivity index (χ4n) is 0.685. The molecule has 0 saturated carbocycles. The maximum Gasteiger partial charge on any atom is 0.304 e.